The van der Waals surface area contributed by atoms with Crippen LogP contribution in [-0.2, 0) is 0 Å². The molecule has 0 aliphatic carbocycles. The van der Waals surface area contributed by atoms with Crippen LogP contribution in [0.5, 0.6) is 0 Å². The van der Waals surface area contributed by atoms with Crippen LogP contribution in [0.1, 0.15) is 0 Å². The lowest BCUT2D eigenvalue weighted by Crippen LogP contribution is -2.76. The number of hydrogen-bond donors (Lipinski definition) is 0. The average Bonchev–Trinajstić information content (AvgIpc) is 2.60. The van der Waals surface area contributed by atoms with Gasteiger partial charge in [-0.15, -0.1) is 0 Å². The lowest BCUT2D eigenvalue weighted by molar-refractivity contribution is -1.12. The second-order valence-electron chi connectivity index (χ2n) is 6.31. The minimum atomic E-state index is -0.464. The van der Waals surface area contributed by atoms with E-state index in [2.05, 4.69) is 83.5 Å². The summed E-state index contributed by atoms with van der Waals surface area (Å²) in [5.74, 6) is 0. The molecule has 0 rings (SSSR count). The van der Waals surface area contributed by atoms with E-state index in [9.17, 15) is 0 Å². The van der Waals surface area contributed by atoms with Crippen LogP contribution in [-0.4, -0.2) is 58.1 Å². The van der Waals surface area contributed by atoms with Crippen molar-refractivity contribution in [3.05, 3.63) is 88.1 Å². The SMILES string of the molecule is C=CC[N+](CC=C)(CC=C)C(Br)(C=CCBr)[N+](CC=C)(CC=C)CC=C. The number of alkyl halides is 2. The molecule has 0 saturated heterocycles. The van der Waals surface area contributed by atoms with Gasteiger partial charge >= 0.3 is 4.57 Å². The first-order chi connectivity index (χ1) is 12.4. The standard InChI is InChI=1S/C22H34Br2N2/c1-7-16-25(17-8-2,18-9-3)22(24,14-13-15-23)26(19-10-4,20-11-5)21-12-6/h7-14H,1-6,15-21H2/q+2. The second kappa shape index (κ2) is 12.4. The van der Waals surface area contributed by atoms with E-state index in [4.69, 9.17) is 0 Å². The Bertz CT molecular complexity index is 443. The molecule has 0 heterocycles. The van der Waals surface area contributed by atoms with Gasteiger partial charge in [-0.25, -0.2) is 8.97 Å². The first-order valence-corrected chi connectivity index (χ1v) is 10.6. The molecule has 0 atom stereocenters. The van der Waals surface area contributed by atoms with Gasteiger partial charge in [-0.2, -0.15) is 0 Å². The van der Waals surface area contributed by atoms with Crippen LogP contribution in [0.25, 0.3) is 0 Å². The highest BCUT2D eigenvalue weighted by atomic mass is 79.9. The number of nitrogens with zero attached hydrogens (tertiary/aromatic N) is 2. The number of allylic oxidation sites excluding steroid dienone is 1. The first-order valence-electron chi connectivity index (χ1n) is 8.73. The Balaban J connectivity index is 6.93. The summed E-state index contributed by atoms with van der Waals surface area (Å²) < 4.78 is 0.874. The van der Waals surface area contributed by atoms with Crippen LogP contribution in [0, 0.1) is 0 Å². The van der Waals surface area contributed by atoms with Crippen LogP contribution in [0.2, 0.25) is 0 Å². The normalized spacial score (nSPS) is 12.5. The second-order valence-corrected chi connectivity index (χ2v) is 8.13. The lowest BCUT2D eigenvalue weighted by atomic mass is 10.1. The lowest BCUT2D eigenvalue weighted by Gasteiger charge is -2.56. The molecular formula is C22H34Br2N2+2. The molecule has 0 aromatic heterocycles. The van der Waals surface area contributed by atoms with Crippen molar-refractivity contribution in [2.24, 2.45) is 0 Å². The Morgan fingerprint density at radius 3 is 1.08 bits per heavy atom. The molecule has 0 aliphatic rings. The van der Waals surface area contributed by atoms with E-state index in [1.807, 2.05) is 36.5 Å². The number of rotatable bonds is 16. The molecule has 26 heavy (non-hydrogen) atoms. The summed E-state index contributed by atoms with van der Waals surface area (Å²) in [5, 5.41) is 0.771. The Morgan fingerprint density at radius 1 is 0.615 bits per heavy atom. The molecule has 0 fully saturated rings. The van der Waals surface area contributed by atoms with Gasteiger partial charge in [0, 0.05) is 11.4 Å². The van der Waals surface area contributed by atoms with Crippen molar-refractivity contribution in [2.45, 2.75) is 4.57 Å². The van der Waals surface area contributed by atoms with E-state index in [-0.39, 0.29) is 0 Å². The van der Waals surface area contributed by atoms with Crippen LogP contribution < -0.4 is 0 Å². The van der Waals surface area contributed by atoms with E-state index in [0.29, 0.717) is 8.97 Å². The van der Waals surface area contributed by atoms with Gasteiger partial charge in [-0.05, 0) is 36.5 Å². The maximum absolute atomic E-state index is 4.19. The average molecular weight is 486 g/mol. The first kappa shape index (κ1) is 25.1. The smallest absolute Gasteiger partial charge is 0.249 e. The van der Waals surface area contributed by atoms with E-state index in [1.54, 1.807) is 0 Å². The van der Waals surface area contributed by atoms with Crippen LogP contribution in [0.4, 0.5) is 0 Å². The van der Waals surface area contributed by atoms with Crippen LogP contribution in [0.15, 0.2) is 88.1 Å². The summed E-state index contributed by atoms with van der Waals surface area (Å²) in [6.07, 6.45) is 16.2. The van der Waals surface area contributed by atoms with E-state index in [0.717, 1.165) is 44.6 Å². The van der Waals surface area contributed by atoms with Crippen molar-refractivity contribution in [2.75, 3.05) is 44.6 Å². The quantitative estimate of drug-likeness (QED) is 0.0859. The van der Waals surface area contributed by atoms with Crippen molar-refractivity contribution in [3.63, 3.8) is 0 Å². The molecule has 144 valence electrons. The molecule has 4 heteroatoms. The fourth-order valence-electron chi connectivity index (χ4n) is 3.66. The minimum absolute atomic E-state index is 0.464. The zero-order valence-corrected chi connectivity index (χ0v) is 19.1. The van der Waals surface area contributed by atoms with Gasteiger partial charge in [0.05, 0.1) is 15.9 Å². The molecule has 0 aromatic rings. The van der Waals surface area contributed by atoms with Crippen molar-refractivity contribution in [3.8, 4) is 0 Å². The zero-order chi connectivity index (χ0) is 20.1. The number of quaternary nitrogens is 2. The van der Waals surface area contributed by atoms with Crippen LogP contribution in [0.3, 0.4) is 0 Å². The molecular weight excluding hydrogens is 452 g/mol. The molecule has 0 aromatic carbocycles. The summed E-state index contributed by atoms with van der Waals surface area (Å²) in [7, 11) is 0. The molecule has 0 spiro atoms. The van der Waals surface area contributed by atoms with Gasteiger partial charge in [0.1, 0.15) is 39.3 Å². The van der Waals surface area contributed by atoms with Gasteiger partial charge in [0.2, 0.25) is 0 Å². The number of hydrogen-bond acceptors (Lipinski definition) is 0. The largest absolute Gasteiger partial charge is 0.301 e. The van der Waals surface area contributed by atoms with E-state index < -0.39 is 4.57 Å². The van der Waals surface area contributed by atoms with Gasteiger partial charge in [-0.1, -0.05) is 61.5 Å². The third-order valence-corrected chi connectivity index (χ3v) is 6.76. The fourth-order valence-corrected chi connectivity index (χ4v) is 4.90. The summed E-state index contributed by atoms with van der Waals surface area (Å²) >= 11 is 7.72. The topological polar surface area (TPSA) is 0 Å². The molecule has 0 aliphatic heterocycles. The molecule has 0 saturated carbocycles. The predicted octanol–water partition coefficient (Wildman–Crippen LogP) is 5.74. The summed E-state index contributed by atoms with van der Waals surface area (Å²) in [5.41, 5.74) is 0. The highest BCUT2D eigenvalue weighted by Gasteiger charge is 2.59. The Kier molecular flexibility index (Phi) is 12.0. The Labute approximate surface area is 177 Å². The van der Waals surface area contributed by atoms with Crippen molar-refractivity contribution >= 4 is 31.9 Å². The zero-order valence-electron chi connectivity index (χ0n) is 16.0. The maximum atomic E-state index is 4.19. The van der Waals surface area contributed by atoms with Crippen molar-refractivity contribution in [1.29, 1.82) is 0 Å². The highest BCUT2D eigenvalue weighted by molar-refractivity contribution is 9.10. The molecule has 0 N–H and O–H groups in total. The van der Waals surface area contributed by atoms with E-state index >= 15 is 0 Å². The van der Waals surface area contributed by atoms with E-state index in [1.165, 1.54) is 0 Å². The van der Waals surface area contributed by atoms with Crippen molar-refractivity contribution in [1.82, 2.24) is 0 Å². The van der Waals surface area contributed by atoms with Gasteiger partial charge < -0.3 is 0 Å². The molecule has 0 amide bonds. The summed E-state index contributed by atoms with van der Waals surface area (Å²) in [6, 6.07) is 0. The maximum Gasteiger partial charge on any atom is 0.301 e. The summed E-state index contributed by atoms with van der Waals surface area (Å²) in [4.78, 5) is 0. The Hall–Kier alpha value is -0.940. The minimum Gasteiger partial charge on any atom is -0.249 e. The van der Waals surface area contributed by atoms with Gasteiger partial charge in [-0.3, -0.25) is 0 Å². The summed E-state index contributed by atoms with van der Waals surface area (Å²) in [6.45, 7) is 28.7. The molecule has 0 bridgehead atoms. The van der Waals surface area contributed by atoms with Crippen LogP contribution >= 0.6 is 31.9 Å². The van der Waals surface area contributed by atoms with Gasteiger partial charge in [0.25, 0.3) is 0 Å². The number of halogens is 2. The highest BCUT2D eigenvalue weighted by Crippen LogP contribution is 2.43. The predicted molar refractivity (Wildman–Crippen MR) is 125 cm³/mol. The third-order valence-electron chi connectivity index (χ3n) is 4.62. The molecule has 2 nitrogen and oxygen atoms in total. The van der Waals surface area contributed by atoms with Crippen molar-refractivity contribution < 1.29 is 8.97 Å². The monoisotopic (exact) mass is 484 g/mol. The molecule has 0 radical (unpaired) electrons. The Morgan fingerprint density at radius 2 is 0.885 bits per heavy atom. The fraction of sp³-hybridized carbons (Fsp3) is 0.364. The third kappa shape index (κ3) is 5.29. The molecule has 0 unspecified atom stereocenters. The van der Waals surface area contributed by atoms with Gasteiger partial charge in [0.15, 0.2) is 0 Å².